The van der Waals surface area contributed by atoms with E-state index in [1.54, 1.807) is 22.9 Å². The lowest BCUT2D eigenvalue weighted by atomic mass is 10.0. The van der Waals surface area contributed by atoms with Crippen molar-refractivity contribution < 1.29 is 27.5 Å². The fourth-order valence-corrected chi connectivity index (χ4v) is 5.61. The number of aryl methyl sites for hydroxylation is 1. The minimum atomic E-state index is -4.44. The SMILES string of the molecule is Cc1cccc2c1N(C(=O)COc1ccccc1)CCCN(C(C)C)CCN(C(=O)CCN(C)c1cccc(C(F)(F)F)c1)C2. The van der Waals surface area contributed by atoms with Crippen LogP contribution in [0.2, 0.25) is 0 Å². The van der Waals surface area contributed by atoms with Crippen LogP contribution in [0.5, 0.6) is 5.75 Å². The molecule has 0 fully saturated rings. The van der Waals surface area contributed by atoms with E-state index >= 15 is 0 Å². The molecule has 0 spiro atoms. The number of hydrogen-bond donors (Lipinski definition) is 0. The fraction of sp³-hybridized carbons (Fsp3) is 0.429. The van der Waals surface area contributed by atoms with Crippen LogP contribution in [0.4, 0.5) is 24.5 Å². The molecule has 242 valence electrons. The Morgan fingerprint density at radius 2 is 1.64 bits per heavy atom. The molecule has 1 heterocycles. The molecule has 0 aromatic heterocycles. The van der Waals surface area contributed by atoms with E-state index in [1.807, 2.05) is 60.4 Å². The van der Waals surface area contributed by atoms with Gasteiger partial charge in [-0.1, -0.05) is 42.5 Å². The molecule has 0 aliphatic carbocycles. The molecule has 4 rings (SSSR count). The standard InChI is InChI=1S/C35H43F3N4O3/c1-26(2)40-18-10-19-42(33(44)25-45-31-15-6-5-7-16-31)34-27(3)11-8-12-28(34)24-41(22-21-40)32(43)17-20-39(4)30-14-9-13-29(23-30)35(36,37)38/h5-9,11-16,23,26H,10,17-22,24-25H2,1-4H3. The van der Waals surface area contributed by atoms with E-state index < -0.39 is 11.7 Å². The van der Waals surface area contributed by atoms with Crippen molar-refractivity contribution in [2.45, 2.75) is 52.4 Å². The van der Waals surface area contributed by atoms with Gasteiger partial charge in [-0.2, -0.15) is 13.2 Å². The smallest absolute Gasteiger partial charge is 0.416 e. The van der Waals surface area contributed by atoms with E-state index in [1.165, 1.54) is 6.07 Å². The predicted octanol–water partition coefficient (Wildman–Crippen LogP) is 6.40. The summed E-state index contributed by atoms with van der Waals surface area (Å²) in [5.41, 5.74) is 2.25. The first-order chi connectivity index (χ1) is 21.4. The first kappa shape index (κ1) is 33.8. The molecular weight excluding hydrogens is 581 g/mol. The molecule has 45 heavy (non-hydrogen) atoms. The molecule has 1 aliphatic rings. The maximum atomic E-state index is 13.8. The van der Waals surface area contributed by atoms with Gasteiger partial charge in [-0.15, -0.1) is 0 Å². The van der Waals surface area contributed by atoms with E-state index in [0.29, 0.717) is 37.6 Å². The summed E-state index contributed by atoms with van der Waals surface area (Å²) in [7, 11) is 1.69. The predicted molar refractivity (Wildman–Crippen MR) is 172 cm³/mol. The Labute approximate surface area is 264 Å². The third kappa shape index (κ3) is 9.23. The number of benzene rings is 3. The number of ether oxygens (including phenoxy) is 1. The van der Waals surface area contributed by atoms with Crippen LogP contribution < -0.4 is 14.5 Å². The van der Waals surface area contributed by atoms with E-state index in [9.17, 15) is 22.8 Å². The summed E-state index contributed by atoms with van der Waals surface area (Å²) >= 11 is 0. The largest absolute Gasteiger partial charge is 0.484 e. The summed E-state index contributed by atoms with van der Waals surface area (Å²) in [6, 6.07) is 20.4. The maximum absolute atomic E-state index is 13.8. The van der Waals surface area contributed by atoms with Gasteiger partial charge in [-0.3, -0.25) is 14.5 Å². The highest BCUT2D eigenvalue weighted by Crippen LogP contribution is 2.32. The first-order valence-corrected chi connectivity index (χ1v) is 15.4. The van der Waals surface area contributed by atoms with Crippen LogP contribution in [0.15, 0.2) is 72.8 Å². The third-order valence-corrected chi connectivity index (χ3v) is 8.20. The molecule has 0 atom stereocenters. The lowest BCUT2D eigenvalue weighted by Gasteiger charge is -2.31. The summed E-state index contributed by atoms with van der Waals surface area (Å²) in [5, 5.41) is 0. The summed E-state index contributed by atoms with van der Waals surface area (Å²) in [5.74, 6) is 0.353. The van der Waals surface area contributed by atoms with Crippen molar-refractivity contribution in [3.63, 3.8) is 0 Å². The van der Waals surface area contributed by atoms with Crippen molar-refractivity contribution in [1.29, 1.82) is 0 Å². The molecule has 3 aromatic rings. The second-order valence-electron chi connectivity index (χ2n) is 11.7. The lowest BCUT2D eigenvalue weighted by Crippen LogP contribution is -2.42. The van der Waals surface area contributed by atoms with Crippen LogP contribution in [0.1, 0.15) is 43.4 Å². The van der Waals surface area contributed by atoms with E-state index in [2.05, 4.69) is 18.7 Å². The molecule has 3 aromatic carbocycles. The number of fused-ring (bicyclic) bond motifs is 1. The average molecular weight is 625 g/mol. The zero-order chi connectivity index (χ0) is 32.6. The van der Waals surface area contributed by atoms with Crippen molar-refractivity contribution in [2.75, 3.05) is 56.2 Å². The van der Waals surface area contributed by atoms with Crippen molar-refractivity contribution in [1.82, 2.24) is 9.80 Å². The third-order valence-electron chi connectivity index (χ3n) is 8.20. The highest BCUT2D eigenvalue weighted by molar-refractivity contribution is 5.96. The van der Waals surface area contributed by atoms with Gasteiger partial charge in [0.25, 0.3) is 5.91 Å². The van der Waals surface area contributed by atoms with Gasteiger partial charge in [0.05, 0.1) is 11.3 Å². The molecule has 0 N–H and O–H groups in total. The van der Waals surface area contributed by atoms with Gasteiger partial charge in [0.2, 0.25) is 5.91 Å². The monoisotopic (exact) mass is 624 g/mol. The van der Waals surface area contributed by atoms with Gasteiger partial charge in [-0.25, -0.2) is 0 Å². The second-order valence-corrected chi connectivity index (χ2v) is 11.7. The Morgan fingerprint density at radius 1 is 0.911 bits per heavy atom. The van der Waals surface area contributed by atoms with Crippen LogP contribution in [0.3, 0.4) is 0 Å². The Balaban J connectivity index is 1.56. The molecule has 7 nitrogen and oxygen atoms in total. The van der Waals surface area contributed by atoms with Crippen molar-refractivity contribution >= 4 is 23.2 Å². The van der Waals surface area contributed by atoms with E-state index in [0.717, 1.165) is 41.9 Å². The Morgan fingerprint density at radius 3 is 2.36 bits per heavy atom. The summed E-state index contributed by atoms with van der Waals surface area (Å²) in [6.07, 6.45) is -3.56. The minimum Gasteiger partial charge on any atom is -0.484 e. The van der Waals surface area contributed by atoms with Crippen LogP contribution in [0.25, 0.3) is 0 Å². The highest BCUT2D eigenvalue weighted by Gasteiger charge is 2.31. The zero-order valence-electron chi connectivity index (χ0n) is 26.5. The minimum absolute atomic E-state index is 0.102. The molecule has 0 unspecified atom stereocenters. The Bertz CT molecular complexity index is 1430. The fourth-order valence-electron chi connectivity index (χ4n) is 5.61. The Kier molecular flexibility index (Phi) is 11.5. The van der Waals surface area contributed by atoms with Gasteiger partial charge in [0.1, 0.15) is 5.75 Å². The first-order valence-electron chi connectivity index (χ1n) is 15.4. The number of hydrogen-bond acceptors (Lipinski definition) is 5. The number of carbonyl (C=O) groups excluding carboxylic acids is 2. The second kappa shape index (κ2) is 15.3. The molecule has 0 radical (unpaired) electrons. The Hall–Kier alpha value is -4.05. The molecule has 1 aliphatic heterocycles. The highest BCUT2D eigenvalue weighted by atomic mass is 19.4. The number of alkyl halides is 3. The lowest BCUT2D eigenvalue weighted by molar-refractivity contribution is -0.137. The quantitative estimate of drug-likeness (QED) is 0.291. The number of para-hydroxylation sites is 2. The summed E-state index contributed by atoms with van der Waals surface area (Å²) in [6.45, 7) is 9.06. The average Bonchev–Trinajstić information content (AvgIpc) is 3.05. The molecule has 2 amide bonds. The van der Waals surface area contributed by atoms with Gasteiger partial charge in [-0.05, 0) is 68.7 Å². The van der Waals surface area contributed by atoms with Crippen LogP contribution >= 0.6 is 0 Å². The van der Waals surface area contributed by atoms with E-state index in [4.69, 9.17) is 4.74 Å². The number of nitrogens with zero attached hydrogens (tertiary/aromatic N) is 4. The maximum Gasteiger partial charge on any atom is 0.416 e. The molecule has 10 heteroatoms. The number of anilines is 2. The summed E-state index contributed by atoms with van der Waals surface area (Å²) < 4.78 is 45.6. The van der Waals surface area contributed by atoms with E-state index in [-0.39, 0.29) is 37.4 Å². The van der Waals surface area contributed by atoms with Crippen molar-refractivity contribution in [3.05, 3.63) is 89.5 Å². The number of carbonyl (C=O) groups is 2. The molecule has 0 saturated heterocycles. The topological polar surface area (TPSA) is 56.3 Å². The normalized spacial score (nSPS) is 14.9. The molecule has 0 saturated carbocycles. The summed E-state index contributed by atoms with van der Waals surface area (Å²) in [4.78, 5) is 35.0. The van der Waals surface area contributed by atoms with Gasteiger partial charge in [0, 0.05) is 64.5 Å². The van der Waals surface area contributed by atoms with Gasteiger partial charge >= 0.3 is 6.18 Å². The molecular formula is C35H43F3N4O3. The number of rotatable bonds is 8. The van der Waals surface area contributed by atoms with Gasteiger partial charge in [0.15, 0.2) is 6.61 Å². The zero-order valence-corrected chi connectivity index (χ0v) is 26.5. The van der Waals surface area contributed by atoms with Gasteiger partial charge < -0.3 is 19.4 Å². The van der Waals surface area contributed by atoms with Crippen molar-refractivity contribution in [2.24, 2.45) is 0 Å². The number of halogens is 3. The van der Waals surface area contributed by atoms with Crippen LogP contribution in [-0.4, -0.2) is 74.0 Å². The van der Waals surface area contributed by atoms with Crippen molar-refractivity contribution in [3.8, 4) is 5.75 Å². The molecule has 0 bridgehead atoms. The van der Waals surface area contributed by atoms with Crippen LogP contribution in [-0.2, 0) is 22.3 Å². The van der Waals surface area contributed by atoms with Crippen LogP contribution in [0, 0.1) is 6.92 Å². The number of amides is 2.